The Morgan fingerprint density at radius 1 is 1.08 bits per heavy atom. The molecule has 4 rings (SSSR count). The van der Waals surface area contributed by atoms with Crippen LogP contribution < -0.4 is 10.2 Å². The van der Waals surface area contributed by atoms with E-state index in [2.05, 4.69) is 20.4 Å². The van der Waals surface area contributed by atoms with Gasteiger partial charge in [-0.3, -0.25) is 0 Å². The summed E-state index contributed by atoms with van der Waals surface area (Å²) in [6.07, 6.45) is 0. The summed E-state index contributed by atoms with van der Waals surface area (Å²) in [6.45, 7) is 5.93. The maximum atomic E-state index is 12.5. The van der Waals surface area contributed by atoms with Crippen LogP contribution in [-0.2, 0) is 6.54 Å². The Balaban J connectivity index is 1.29. The second-order valence-corrected chi connectivity index (χ2v) is 7.58. The molecular weight excluding hydrogens is 350 g/mol. The summed E-state index contributed by atoms with van der Waals surface area (Å²) in [4.78, 5) is 16.7. The minimum atomic E-state index is 0.0102. The van der Waals surface area contributed by atoms with Gasteiger partial charge in [-0.2, -0.15) is 5.10 Å². The Bertz CT molecular complexity index is 766. The molecule has 2 aromatic rings. The molecule has 2 amide bonds. The van der Waals surface area contributed by atoms with Crippen molar-refractivity contribution in [2.24, 2.45) is 11.8 Å². The first kappa shape index (κ1) is 17.1. The number of nitrogens with one attached hydrogen (secondary N) is 1. The predicted molar refractivity (Wildman–Crippen MR) is 101 cm³/mol. The summed E-state index contributed by atoms with van der Waals surface area (Å²) in [5.74, 6) is 1.93. The Morgan fingerprint density at radius 2 is 1.77 bits per heavy atom. The van der Waals surface area contributed by atoms with Gasteiger partial charge >= 0.3 is 6.03 Å². The predicted octanol–water partition coefficient (Wildman–Crippen LogP) is 2.72. The topological polar surface area (TPSA) is 61.4 Å². The summed E-state index contributed by atoms with van der Waals surface area (Å²) >= 11 is 5.89. The highest BCUT2D eigenvalue weighted by molar-refractivity contribution is 6.30. The standard InChI is InChI=1S/C19H22ClN5O/c1-13-2-7-18(23-22-13)24-9-15-11-25(12-16(15)10-24)19(26)21-8-14-3-5-17(20)6-4-14/h2-7,15-16H,8-12H2,1H3,(H,21,26). The van der Waals surface area contributed by atoms with Crippen LogP contribution in [0.25, 0.3) is 0 Å². The van der Waals surface area contributed by atoms with Crippen LogP contribution in [0.2, 0.25) is 5.02 Å². The number of benzene rings is 1. The Kier molecular flexibility index (Phi) is 4.68. The van der Waals surface area contributed by atoms with Crippen molar-refractivity contribution in [3.05, 3.63) is 52.7 Å². The van der Waals surface area contributed by atoms with Gasteiger partial charge in [0, 0.05) is 49.6 Å². The van der Waals surface area contributed by atoms with Crippen molar-refractivity contribution in [2.75, 3.05) is 31.1 Å². The molecule has 136 valence electrons. The van der Waals surface area contributed by atoms with Gasteiger partial charge in [-0.25, -0.2) is 4.79 Å². The number of rotatable bonds is 3. The van der Waals surface area contributed by atoms with Gasteiger partial charge in [-0.05, 0) is 36.8 Å². The van der Waals surface area contributed by atoms with Crippen LogP contribution in [0.15, 0.2) is 36.4 Å². The van der Waals surface area contributed by atoms with Gasteiger partial charge in [0.2, 0.25) is 0 Å². The highest BCUT2D eigenvalue weighted by Crippen LogP contribution is 2.33. The fourth-order valence-electron chi connectivity index (χ4n) is 3.80. The molecule has 2 fully saturated rings. The normalized spacial score (nSPS) is 21.8. The molecule has 0 spiro atoms. The molecule has 2 aliphatic heterocycles. The zero-order valence-electron chi connectivity index (χ0n) is 14.7. The first-order chi connectivity index (χ1) is 12.6. The van der Waals surface area contributed by atoms with Gasteiger partial charge < -0.3 is 15.1 Å². The highest BCUT2D eigenvalue weighted by Gasteiger charge is 2.42. The van der Waals surface area contributed by atoms with Gasteiger partial charge in [0.25, 0.3) is 0 Å². The van der Waals surface area contributed by atoms with Gasteiger partial charge in [0.15, 0.2) is 5.82 Å². The second kappa shape index (κ2) is 7.11. The first-order valence-corrected chi connectivity index (χ1v) is 9.29. The fourth-order valence-corrected chi connectivity index (χ4v) is 3.92. The van der Waals surface area contributed by atoms with Crippen LogP contribution in [0, 0.1) is 18.8 Å². The lowest BCUT2D eigenvalue weighted by Crippen LogP contribution is -2.40. The van der Waals surface area contributed by atoms with Crippen molar-refractivity contribution in [2.45, 2.75) is 13.5 Å². The quantitative estimate of drug-likeness (QED) is 0.901. The van der Waals surface area contributed by atoms with Crippen LogP contribution in [0.5, 0.6) is 0 Å². The zero-order valence-corrected chi connectivity index (χ0v) is 15.5. The second-order valence-electron chi connectivity index (χ2n) is 7.15. The van der Waals surface area contributed by atoms with E-state index in [0.717, 1.165) is 43.3 Å². The summed E-state index contributed by atoms with van der Waals surface area (Å²) < 4.78 is 0. The number of carbonyl (C=O) groups excluding carboxylic acids is 1. The molecule has 6 nitrogen and oxygen atoms in total. The van der Waals surface area contributed by atoms with Crippen LogP contribution in [0.1, 0.15) is 11.3 Å². The molecule has 0 aliphatic carbocycles. The minimum absolute atomic E-state index is 0.0102. The minimum Gasteiger partial charge on any atom is -0.354 e. The number of urea groups is 1. The Labute approximate surface area is 158 Å². The third-order valence-corrected chi connectivity index (χ3v) is 5.49. The van der Waals surface area contributed by atoms with E-state index in [-0.39, 0.29) is 6.03 Å². The largest absolute Gasteiger partial charge is 0.354 e. The molecule has 1 aromatic heterocycles. The molecule has 2 aliphatic rings. The van der Waals surface area contributed by atoms with Crippen molar-refractivity contribution >= 4 is 23.4 Å². The lowest BCUT2D eigenvalue weighted by molar-refractivity contribution is 0.205. The lowest BCUT2D eigenvalue weighted by Gasteiger charge is -2.22. The number of hydrogen-bond acceptors (Lipinski definition) is 4. The first-order valence-electron chi connectivity index (χ1n) is 8.91. The molecule has 7 heteroatoms. The third kappa shape index (κ3) is 3.60. The molecule has 0 bridgehead atoms. The monoisotopic (exact) mass is 371 g/mol. The van der Waals surface area contributed by atoms with E-state index in [1.165, 1.54) is 0 Å². The molecule has 0 radical (unpaired) electrons. The Hall–Kier alpha value is -2.34. The number of aryl methyl sites for hydroxylation is 1. The maximum absolute atomic E-state index is 12.5. The fraction of sp³-hybridized carbons (Fsp3) is 0.421. The molecular formula is C19H22ClN5O. The van der Waals surface area contributed by atoms with E-state index in [4.69, 9.17) is 11.6 Å². The number of fused-ring (bicyclic) bond motifs is 1. The van der Waals surface area contributed by atoms with E-state index in [1.54, 1.807) is 0 Å². The number of likely N-dealkylation sites (tertiary alicyclic amines) is 1. The van der Waals surface area contributed by atoms with Gasteiger partial charge in [-0.15, -0.1) is 5.10 Å². The molecule has 2 atom stereocenters. The summed E-state index contributed by atoms with van der Waals surface area (Å²) in [7, 11) is 0. The third-order valence-electron chi connectivity index (χ3n) is 5.24. The van der Waals surface area contributed by atoms with Crippen LogP contribution in [-0.4, -0.2) is 47.3 Å². The zero-order chi connectivity index (χ0) is 18.1. The summed E-state index contributed by atoms with van der Waals surface area (Å²) in [5.41, 5.74) is 1.97. The average Bonchev–Trinajstić information content (AvgIpc) is 3.21. The molecule has 2 saturated heterocycles. The van der Waals surface area contributed by atoms with Crippen molar-refractivity contribution < 1.29 is 4.79 Å². The molecule has 2 unspecified atom stereocenters. The van der Waals surface area contributed by atoms with E-state index in [9.17, 15) is 4.79 Å². The van der Waals surface area contributed by atoms with Crippen LogP contribution in [0.4, 0.5) is 10.6 Å². The number of halogens is 1. The molecule has 3 heterocycles. The van der Waals surface area contributed by atoms with Gasteiger partial charge in [-0.1, -0.05) is 23.7 Å². The average molecular weight is 372 g/mol. The van der Waals surface area contributed by atoms with E-state index >= 15 is 0 Å². The number of anilines is 1. The van der Waals surface area contributed by atoms with Crippen molar-refractivity contribution in [1.82, 2.24) is 20.4 Å². The molecule has 26 heavy (non-hydrogen) atoms. The molecule has 1 aromatic carbocycles. The lowest BCUT2D eigenvalue weighted by atomic mass is 10.0. The van der Waals surface area contributed by atoms with Crippen molar-refractivity contribution in [3.63, 3.8) is 0 Å². The van der Waals surface area contributed by atoms with E-state index in [0.29, 0.717) is 23.4 Å². The van der Waals surface area contributed by atoms with Crippen LogP contribution >= 0.6 is 11.6 Å². The number of aromatic nitrogens is 2. The number of amides is 2. The van der Waals surface area contributed by atoms with Crippen LogP contribution in [0.3, 0.4) is 0 Å². The number of carbonyl (C=O) groups is 1. The van der Waals surface area contributed by atoms with Crippen molar-refractivity contribution in [3.8, 4) is 0 Å². The van der Waals surface area contributed by atoms with E-state index in [1.807, 2.05) is 48.2 Å². The van der Waals surface area contributed by atoms with Crippen molar-refractivity contribution in [1.29, 1.82) is 0 Å². The summed E-state index contributed by atoms with van der Waals surface area (Å²) in [6, 6.07) is 11.6. The van der Waals surface area contributed by atoms with Gasteiger partial charge in [0.05, 0.1) is 5.69 Å². The molecule has 1 N–H and O–H groups in total. The smallest absolute Gasteiger partial charge is 0.317 e. The van der Waals surface area contributed by atoms with E-state index < -0.39 is 0 Å². The van der Waals surface area contributed by atoms with Gasteiger partial charge in [0.1, 0.15) is 0 Å². The Morgan fingerprint density at radius 3 is 2.38 bits per heavy atom. The summed E-state index contributed by atoms with van der Waals surface area (Å²) in [5, 5.41) is 12.1. The number of hydrogen-bond donors (Lipinski definition) is 1. The maximum Gasteiger partial charge on any atom is 0.317 e. The highest BCUT2D eigenvalue weighted by atomic mass is 35.5. The SMILES string of the molecule is Cc1ccc(N2CC3CN(C(=O)NCc4ccc(Cl)cc4)CC3C2)nn1. The molecule has 0 saturated carbocycles. The number of nitrogens with zero attached hydrogens (tertiary/aromatic N) is 4.